The smallest absolute Gasteiger partial charge is 0.146 e. The number of nitrogens with zero attached hydrogens (tertiary/aromatic N) is 2. The van der Waals surface area contributed by atoms with Crippen LogP contribution in [0.25, 0.3) is 0 Å². The van der Waals surface area contributed by atoms with Crippen molar-refractivity contribution in [2.75, 3.05) is 31.1 Å². The summed E-state index contributed by atoms with van der Waals surface area (Å²) in [5.41, 5.74) is 1.86. The fraction of sp³-hybridized carbons (Fsp3) is 0.600. The zero-order chi connectivity index (χ0) is 12.5. The van der Waals surface area contributed by atoms with Gasteiger partial charge >= 0.3 is 0 Å². The minimum atomic E-state index is -0.0609. The van der Waals surface area contributed by atoms with Gasteiger partial charge in [-0.2, -0.15) is 0 Å². The first-order valence-electron chi connectivity index (χ1n) is 7.05. The fourth-order valence-corrected chi connectivity index (χ4v) is 3.02. The predicted molar refractivity (Wildman–Crippen MR) is 72.6 cm³/mol. The number of aryl methyl sites for hydroxylation is 1. The SMILES string of the molecule is CCc1ccc(N2CC(N3CCCC3)C2)c(F)c1. The number of anilines is 1. The van der Waals surface area contributed by atoms with Crippen molar-refractivity contribution >= 4 is 5.69 Å². The summed E-state index contributed by atoms with van der Waals surface area (Å²) in [5, 5.41) is 0. The molecule has 0 atom stereocenters. The molecule has 0 amide bonds. The maximum absolute atomic E-state index is 14.0. The molecule has 3 rings (SSSR count). The topological polar surface area (TPSA) is 6.48 Å². The summed E-state index contributed by atoms with van der Waals surface area (Å²) in [5.74, 6) is -0.0609. The van der Waals surface area contributed by atoms with E-state index in [0.29, 0.717) is 6.04 Å². The van der Waals surface area contributed by atoms with Crippen LogP contribution in [0, 0.1) is 5.82 Å². The first kappa shape index (κ1) is 12.0. The van der Waals surface area contributed by atoms with Crippen LogP contribution in [-0.2, 0) is 6.42 Å². The lowest BCUT2D eigenvalue weighted by atomic mass is 10.0. The van der Waals surface area contributed by atoms with Crippen LogP contribution in [0.5, 0.6) is 0 Å². The molecule has 0 saturated carbocycles. The Morgan fingerprint density at radius 1 is 1.22 bits per heavy atom. The van der Waals surface area contributed by atoms with Crippen LogP contribution in [0.15, 0.2) is 18.2 Å². The molecule has 0 aromatic heterocycles. The van der Waals surface area contributed by atoms with Gasteiger partial charge < -0.3 is 4.90 Å². The van der Waals surface area contributed by atoms with Crippen molar-refractivity contribution < 1.29 is 4.39 Å². The Morgan fingerprint density at radius 3 is 2.56 bits per heavy atom. The maximum atomic E-state index is 14.0. The Kier molecular flexibility index (Phi) is 3.25. The summed E-state index contributed by atoms with van der Waals surface area (Å²) < 4.78 is 14.0. The Morgan fingerprint density at radius 2 is 1.94 bits per heavy atom. The molecule has 18 heavy (non-hydrogen) atoms. The van der Waals surface area contributed by atoms with E-state index in [2.05, 4.69) is 16.7 Å². The van der Waals surface area contributed by atoms with E-state index in [4.69, 9.17) is 0 Å². The molecule has 98 valence electrons. The lowest BCUT2D eigenvalue weighted by Crippen LogP contribution is -2.59. The van der Waals surface area contributed by atoms with Gasteiger partial charge in [-0.1, -0.05) is 13.0 Å². The van der Waals surface area contributed by atoms with Crippen LogP contribution in [-0.4, -0.2) is 37.1 Å². The van der Waals surface area contributed by atoms with E-state index in [9.17, 15) is 4.39 Å². The lowest BCUT2D eigenvalue weighted by Gasteiger charge is -2.45. The summed E-state index contributed by atoms with van der Waals surface area (Å²) in [7, 11) is 0. The molecule has 0 spiro atoms. The van der Waals surface area contributed by atoms with Crippen molar-refractivity contribution in [1.82, 2.24) is 4.90 Å². The van der Waals surface area contributed by atoms with Gasteiger partial charge in [0.25, 0.3) is 0 Å². The summed E-state index contributed by atoms with van der Waals surface area (Å²) >= 11 is 0. The molecule has 2 aliphatic heterocycles. The van der Waals surface area contributed by atoms with Crippen LogP contribution in [0.2, 0.25) is 0 Å². The average Bonchev–Trinajstić information content (AvgIpc) is 2.82. The van der Waals surface area contributed by atoms with E-state index in [-0.39, 0.29) is 5.82 Å². The molecule has 2 nitrogen and oxygen atoms in total. The number of rotatable bonds is 3. The molecule has 2 heterocycles. The maximum Gasteiger partial charge on any atom is 0.146 e. The Balaban J connectivity index is 1.63. The standard InChI is InChI=1S/C15H21FN2/c1-2-12-5-6-15(14(16)9-12)18-10-13(11-18)17-7-3-4-8-17/h5-6,9,13H,2-4,7-8,10-11H2,1H3. The van der Waals surface area contributed by atoms with Gasteiger partial charge in [-0.3, -0.25) is 4.90 Å². The van der Waals surface area contributed by atoms with Gasteiger partial charge in [0.15, 0.2) is 0 Å². The second-order valence-electron chi connectivity index (χ2n) is 5.44. The van der Waals surface area contributed by atoms with Crippen molar-refractivity contribution in [3.63, 3.8) is 0 Å². The quantitative estimate of drug-likeness (QED) is 0.811. The van der Waals surface area contributed by atoms with Crippen LogP contribution in [0.1, 0.15) is 25.3 Å². The van der Waals surface area contributed by atoms with Crippen molar-refractivity contribution in [1.29, 1.82) is 0 Å². The lowest BCUT2D eigenvalue weighted by molar-refractivity contribution is 0.204. The molecular weight excluding hydrogens is 227 g/mol. The predicted octanol–water partition coefficient (Wildman–Crippen LogP) is 2.67. The zero-order valence-electron chi connectivity index (χ0n) is 11.0. The molecule has 2 saturated heterocycles. The number of halogens is 1. The van der Waals surface area contributed by atoms with Crippen molar-refractivity contribution in [2.24, 2.45) is 0 Å². The molecule has 1 aromatic rings. The highest BCUT2D eigenvalue weighted by atomic mass is 19.1. The highest BCUT2D eigenvalue weighted by Gasteiger charge is 2.34. The Bertz CT molecular complexity index is 421. The van der Waals surface area contributed by atoms with Gasteiger partial charge in [-0.15, -0.1) is 0 Å². The van der Waals surface area contributed by atoms with Gasteiger partial charge in [0.2, 0.25) is 0 Å². The second-order valence-corrected chi connectivity index (χ2v) is 5.44. The minimum absolute atomic E-state index is 0.0609. The number of hydrogen-bond acceptors (Lipinski definition) is 2. The molecule has 1 aromatic carbocycles. The Hall–Kier alpha value is -1.09. The van der Waals surface area contributed by atoms with Crippen molar-refractivity contribution in [2.45, 2.75) is 32.2 Å². The Labute approximate surface area is 108 Å². The zero-order valence-corrected chi connectivity index (χ0v) is 11.0. The van der Waals surface area contributed by atoms with Crippen LogP contribution >= 0.6 is 0 Å². The molecule has 0 N–H and O–H groups in total. The monoisotopic (exact) mass is 248 g/mol. The summed E-state index contributed by atoms with van der Waals surface area (Å²) in [6, 6.07) is 6.31. The normalized spacial score (nSPS) is 21.3. The van der Waals surface area contributed by atoms with E-state index >= 15 is 0 Å². The van der Waals surface area contributed by atoms with Crippen LogP contribution < -0.4 is 4.90 Å². The highest BCUT2D eigenvalue weighted by Crippen LogP contribution is 2.28. The molecule has 0 unspecified atom stereocenters. The molecule has 0 radical (unpaired) electrons. The van der Waals surface area contributed by atoms with Gasteiger partial charge in [0, 0.05) is 19.1 Å². The molecule has 0 bridgehead atoms. The summed E-state index contributed by atoms with van der Waals surface area (Å²) in [6.07, 6.45) is 3.56. The molecule has 0 aliphatic carbocycles. The van der Waals surface area contributed by atoms with E-state index in [1.54, 1.807) is 6.07 Å². The first-order valence-corrected chi connectivity index (χ1v) is 7.05. The third-order valence-electron chi connectivity index (χ3n) is 4.28. The largest absolute Gasteiger partial charge is 0.366 e. The first-order chi connectivity index (χ1) is 8.78. The van der Waals surface area contributed by atoms with E-state index in [1.165, 1.54) is 25.9 Å². The number of benzene rings is 1. The molecule has 2 aliphatic rings. The van der Waals surface area contributed by atoms with Gasteiger partial charge in [-0.05, 0) is 50.0 Å². The summed E-state index contributed by atoms with van der Waals surface area (Å²) in [6.45, 7) is 6.50. The van der Waals surface area contributed by atoms with Gasteiger partial charge in [0.05, 0.1) is 5.69 Å². The molecule has 3 heteroatoms. The molecule has 2 fully saturated rings. The van der Waals surface area contributed by atoms with E-state index in [0.717, 1.165) is 30.8 Å². The third-order valence-corrected chi connectivity index (χ3v) is 4.28. The second kappa shape index (κ2) is 4.88. The number of hydrogen-bond donors (Lipinski definition) is 0. The third kappa shape index (κ3) is 2.12. The van der Waals surface area contributed by atoms with Crippen molar-refractivity contribution in [3.05, 3.63) is 29.6 Å². The average molecular weight is 248 g/mol. The van der Waals surface area contributed by atoms with Gasteiger partial charge in [-0.25, -0.2) is 4.39 Å². The summed E-state index contributed by atoms with van der Waals surface area (Å²) in [4.78, 5) is 4.71. The fourth-order valence-electron chi connectivity index (χ4n) is 3.02. The number of likely N-dealkylation sites (tertiary alicyclic amines) is 1. The van der Waals surface area contributed by atoms with Crippen LogP contribution in [0.4, 0.5) is 10.1 Å². The van der Waals surface area contributed by atoms with E-state index in [1.807, 2.05) is 12.1 Å². The highest BCUT2D eigenvalue weighted by molar-refractivity contribution is 5.52. The van der Waals surface area contributed by atoms with Gasteiger partial charge in [0.1, 0.15) is 5.82 Å². The van der Waals surface area contributed by atoms with Crippen molar-refractivity contribution in [3.8, 4) is 0 Å². The van der Waals surface area contributed by atoms with Crippen LogP contribution in [0.3, 0.4) is 0 Å². The minimum Gasteiger partial charge on any atom is -0.366 e. The van der Waals surface area contributed by atoms with E-state index < -0.39 is 0 Å². The molecular formula is C15H21FN2.